The maximum atomic E-state index is 5.85. The largest absolute Gasteiger partial charge is 0.496 e. The van der Waals surface area contributed by atoms with Crippen LogP contribution in [-0.2, 0) is 25.7 Å². The van der Waals surface area contributed by atoms with Crippen molar-refractivity contribution in [3.8, 4) is 22.6 Å². The molecule has 0 aromatic heterocycles. The highest BCUT2D eigenvalue weighted by Crippen LogP contribution is 2.48. The summed E-state index contributed by atoms with van der Waals surface area (Å²) in [5.41, 5.74) is 9.75. The minimum absolute atomic E-state index is 0.988. The van der Waals surface area contributed by atoms with Gasteiger partial charge in [-0.05, 0) is 92.2 Å². The summed E-state index contributed by atoms with van der Waals surface area (Å²) in [5, 5.41) is 0. The van der Waals surface area contributed by atoms with E-state index < -0.39 is 0 Å². The highest BCUT2D eigenvalue weighted by molar-refractivity contribution is 7.10. The summed E-state index contributed by atoms with van der Waals surface area (Å²) in [4.78, 5) is 0. The molecule has 0 saturated carbocycles. The number of methoxy groups -OCH3 is 1. The van der Waals surface area contributed by atoms with E-state index >= 15 is 0 Å². The molecular formula is C22H27O2P. The first-order valence-electron chi connectivity index (χ1n) is 9.45. The molecule has 25 heavy (non-hydrogen) atoms. The van der Waals surface area contributed by atoms with Crippen LogP contribution in [0.4, 0.5) is 0 Å². The number of rotatable bonds is 3. The highest BCUT2D eigenvalue weighted by atomic mass is 31.0. The van der Waals surface area contributed by atoms with E-state index in [1.807, 2.05) is 0 Å². The van der Waals surface area contributed by atoms with Crippen molar-refractivity contribution in [3.05, 3.63) is 46.0 Å². The molecule has 1 unspecified atom stereocenters. The second kappa shape index (κ2) is 7.00. The Bertz CT molecular complexity index is 810. The molecule has 1 atom stereocenters. The minimum Gasteiger partial charge on any atom is -0.496 e. The van der Waals surface area contributed by atoms with Crippen LogP contribution >= 0.6 is 9.47 Å². The predicted molar refractivity (Wildman–Crippen MR) is 107 cm³/mol. The van der Waals surface area contributed by atoms with E-state index in [0.29, 0.717) is 0 Å². The van der Waals surface area contributed by atoms with Gasteiger partial charge in [-0.1, -0.05) is 12.1 Å². The quantitative estimate of drug-likeness (QED) is 0.668. The van der Waals surface area contributed by atoms with E-state index in [4.69, 9.17) is 9.26 Å². The lowest BCUT2D eigenvalue weighted by Gasteiger charge is -2.28. The molecule has 2 aliphatic rings. The lowest BCUT2D eigenvalue weighted by atomic mass is 9.79. The smallest absolute Gasteiger partial charge is 0.133 e. The molecule has 2 aromatic carbocycles. The van der Waals surface area contributed by atoms with E-state index in [9.17, 15) is 0 Å². The topological polar surface area (TPSA) is 18.5 Å². The van der Waals surface area contributed by atoms with Crippen LogP contribution < -0.4 is 9.26 Å². The zero-order chi connectivity index (χ0) is 17.4. The highest BCUT2D eigenvalue weighted by Gasteiger charge is 2.27. The molecule has 0 heterocycles. The molecule has 2 aliphatic carbocycles. The van der Waals surface area contributed by atoms with Gasteiger partial charge < -0.3 is 9.26 Å². The van der Waals surface area contributed by atoms with Gasteiger partial charge in [0.05, 0.1) is 16.6 Å². The number of benzene rings is 2. The summed E-state index contributed by atoms with van der Waals surface area (Å²) < 4.78 is 11.7. The molecule has 4 rings (SSSR count). The summed E-state index contributed by atoms with van der Waals surface area (Å²) in [6, 6.07) is 6.75. The molecule has 132 valence electrons. The van der Waals surface area contributed by atoms with E-state index in [-0.39, 0.29) is 0 Å². The first-order chi connectivity index (χ1) is 12.2. The van der Waals surface area contributed by atoms with Gasteiger partial charge >= 0.3 is 0 Å². The maximum absolute atomic E-state index is 5.85. The fourth-order valence-electron chi connectivity index (χ4n) is 4.70. The molecule has 2 aromatic rings. The third kappa shape index (κ3) is 2.85. The van der Waals surface area contributed by atoms with Crippen LogP contribution in [0.5, 0.6) is 11.5 Å². The number of hydrogen-bond acceptors (Lipinski definition) is 2. The van der Waals surface area contributed by atoms with Gasteiger partial charge in [-0.15, -0.1) is 0 Å². The first kappa shape index (κ1) is 16.9. The molecule has 0 saturated heterocycles. The molecule has 0 radical (unpaired) electrons. The molecule has 0 spiro atoms. The zero-order valence-electron chi connectivity index (χ0n) is 15.3. The molecule has 0 fully saturated rings. The number of hydrogen-bond donors (Lipinski definition) is 0. The van der Waals surface area contributed by atoms with Gasteiger partial charge in [-0.3, -0.25) is 0 Å². The summed E-state index contributed by atoms with van der Waals surface area (Å²) >= 11 is 0. The van der Waals surface area contributed by atoms with E-state index in [2.05, 4.69) is 34.6 Å². The third-order valence-electron chi connectivity index (χ3n) is 5.87. The monoisotopic (exact) mass is 354 g/mol. The van der Waals surface area contributed by atoms with Crippen LogP contribution in [0, 0.1) is 6.92 Å². The molecule has 2 nitrogen and oxygen atoms in total. The van der Waals surface area contributed by atoms with Crippen molar-refractivity contribution in [2.75, 3.05) is 7.11 Å². The summed E-state index contributed by atoms with van der Waals surface area (Å²) in [7, 11) is 4.25. The Labute approximate surface area is 153 Å². The van der Waals surface area contributed by atoms with E-state index in [1.54, 1.807) is 7.11 Å². The molecule has 0 N–H and O–H groups in total. The Balaban J connectivity index is 2.06. The van der Waals surface area contributed by atoms with Gasteiger partial charge in [0.25, 0.3) is 0 Å². The molecule has 0 bridgehead atoms. The van der Waals surface area contributed by atoms with E-state index in [0.717, 1.165) is 24.3 Å². The number of aryl methyl sites for hydroxylation is 3. The van der Waals surface area contributed by atoms with Crippen LogP contribution in [0.2, 0.25) is 0 Å². The zero-order valence-corrected chi connectivity index (χ0v) is 16.4. The molecular weight excluding hydrogens is 327 g/mol. The Kier molecular flexibility index (Phi) is 4.73. The first-order valence-corrected chi connectivity index (χ1v) is 9.93. The Hall–Kier alpha value is -1.53. The second-order valence-corrected chi connectivity index (χ2v) is 7.58. The average Bonchev–Trinajstić information content (AvgIpc) is 2.66. The Morgan fingerprint density at radius 2 is 1.48 bits per heavy atom. The van der Waals surface area contributed by atoms with E-state index in [1.165, 1.54) is 77.5 Å². The lowest BCUT2D eigenvalue weighted by molar-refractivity contribution is 0.415. The van der Waals surface area contributed by atoms with Crippen LogP contribution in [0.3, 0.4) is 0 Å². The Morgan fingerprint density at radius 1 is 0.840 bits per heavy atom. The van der Waals surface area contributed by atoms with Crippen molar-refractivity contribution in [3.63, 3.8) is 0 Å². The van der Waals surface area contributed by atoms with Gasteiger partial charge in [-0.25, -0.2) is 0 Å². The van der Waals surface area contributed by atoms with Crippen molar-refractivity contribution in [2.45, 2.75) is 58.3 Å². The second-order valence-electron chi connectivity index (χ2n) is 7.35. The van der Waals surface area contributed by atoms with Crippen molar-refractivity contribution >= 4 is 9.47 Å². The van der Waals surface area contributed by atoms with Gasteiger partial charge in [0.1, 0.15) is 11.5 Å². The Morgan fingerprint density at radius 3 is 2.16 bits per heavy atom. The number of fused-ring (bicyclic) bond motifs is 2. The molecule has 3 heteroatoms. The minimum atomic E-state index is 0.988. The fourth-order valence-corrected chi connectivity index (χ4v) is 5.01. The van der Waals surface area contributed by atoms with Crippen LogP contribution in [-0.4, -0.2) is 7.11 Å². The summed E-state index contributed by atoms with van der Waals surface area (Å²) in [6.07, 6.45) is 9.73. The lowest BCUT2D eigenvalue weighted by Crippen LogP contribution is -2.11. The fraction of sp³-hybridized carbons (Fsp3) is 0.455. The maximum Gasteiger partial charge on any atom is 0.133 e. The van der Waals surface area contributed by atoms with Crippen LogP contribution in [0.15, 0.2) is 18.2 Å². The van der Waals surface area contributed by atoms with Gasteiger partial charge in [0, 0.05) is 11.1 Å². The van der Waals surface area contributed by atoms with Gasteiger partial charge in [0.2, 0.25) is 0 Å². The van der Waals surface area contributed by atoms with Crippen molar-refractivity contribution < 1.29 is 9.26 Å². The number of ether oxygens (including phenoxy) is 1. The summed E-state index contributed by atoms with van der Waals surface area (Å²) in [5.74, 6) is 1.99. The molecule has 0 amide bonds. The van der Waals surface area contributed by atoms with Crippen molar-refractivity contribution in [1.82, 2.24) is 0 Å². The average molecular weight is 354 g/mol. The van der Waals surface area contributed by atoms with Crippen LogP contribution in [0.1, 0.15) is 53.5 Å². The van der Waals surface area contributed by atoms with Crippen LogP contribution in [0.25, 0.3) is 11.1 Å². The summed E-state index contributed by atoms with van der Waals surface area (Å²) in [6.45, 7) is 2.17. The van der Waals surface area contributed by atoms with Crippen molar-refractivity contribution in [1.29, 1.82) is 0 Å². The predicted octanol–water partition coefficient (Wildman–Crippen LogP) is 5.60. The normalized spacial score (nSPS) is 16.1. The standard InChI is InChI=1S/C22H27O2P/c1-14-13-16-8-4-6-10-18(16)21(22(14)24-25)20-17-9-5-3-7-15(17)11-12-19(20)23-2/h11-13H,3-10,25H2,1-2H3. The van der Waals surface area contributed by atoms with Gasteiger partial charge in [-0.2, -0.15) is 0 Å². The van der Waals surface area contributed by atoms with Crippen molar-refractivity contribution in [2.24, 2.45) is 0 Å². The SMILES string of the molecule is COc1ccc2c(c1-c1c3c(cc(C)c1OP)CCCC3)CCCC2. The van der Waals surface area contributed by atoms with Gasteiger partial charge in [0.15, 0.2) is 0 Å². The third-order valence-corrected chi connectivity index (χ3v) is 6.11. The molecule has 0 aliphatic heterocycles.